The van der Waals surface area contributed by atoms with Crippen LogP contribution in [0, 0.1) is 71.0 Å². The molecule has 9 heteroatoms. The van der Waals surface area contributed by atoms with Gasteiger partial charge in [-0.2, -0.15) is 26.3 Å². The van der Waals surface area contributed by atoms with Crippen molar-refractivity contribution in [3.8, 4) is 0 Å². The lowest BCUT2D eigenvalue weighted by atomic mass is 9.62. The first kappa shape index (κ1) is 56.9. The van der Waals surface area contributed by atoms with E-state index in [9.17, 15) is 26.3 Å². The van der Waals surface area contributed by atoms with Gasteiger partial charge in [0.1, 0.15) is 0 Å². The molecule has 0 amide bonds. The third-order valence-electron chi connectivity index (χ3n) is 26.8. The van der Waals surface area contributed by atoms with E-state index in [1.807, 2.05) is 0 Å². The summed E-state index contributed by atoms with van der Waals surface area (Å²) in [6.45, 7) is 0. The molecule has 0 N–H and O–H groups in total. The Kier molecular flexibility index (Phi) is 18.7. The van der Waals surface area contributed by atoms with Gasteiger partial charge in [0.2, 0.25) is 0 Å². The summed E-state index contributed by atoms with van der Waals surface area (Å²) in [5.74, 6) is 2.36. The molecule has 9 unspecified atom stereocenters. The van der Waals surface area contributed by atoms with E-state index in [0.29, 0.717) is 24.3 Å². The maximum Gasteiger partial charge on any atom is 0.392 e. The molecule has 11 saturated carbocycles. The van der Waals surface area contributed by atoms with Gasteiger partial charge in [-0.05, 0) is 271 Å². The second-order valence-corrected chi connectivity index (χ2v) is 30.4. The largest absolute Gasteiger partial charge is 0.392 e. The molecule has 0 aromatic carbocycles. The van der Waals surface area contributed by atoms with Crippen LogP contribution in [0.2, 0.25) is 0 Å². The summed E-state index contributed by atoms with van der Waals surface area (Å²) in [5.41, 5.74) is 0. The van der Waals surface area contributed by atoms with Gasteiger partial charge in [-0.15, -0.1) is 0 Å². The average Bonchev–Trinajstić information content (AvgIpc) is 3.90. The molecule has 1 heterocycles. The molecule has 0 radical (unpaired) electrons. The molecule has 440 valence electrons. The van der Waals surface area contributed by atoms with Crippen molar-refractivity contribution in [2.24, 2.45) is 71.0 Å². The predicted octanol–water partition coefficient (Wildman–Crippen LogP) is 19.4. The third kappa shape index (κ3) is 12.8. The average molecular weight is 1080 g/mol. The first-order valence-electron chi connectivity index (χ1n) is 34.9. The van der Waals surface area contributed by atoms with E-state index in [0.717, 1.165) is 110 Å². The van der Waals surface area contributed by atoms with E-state index in [-0.39, 0.29) is 24.7 Å². The number of rotatable bonds is 11. The van der Waals surface area contributed by atoms with Crippen molar-refractivity contribution in [1.82, 2.24) is 14.7 Å². The van der Waals surface area contributed by atoms with E-state index < -0.39 is 24.2 Å². The molecule has 0 aromatic rings. The lowest BCUT2D eigenvalue weighted by Crippen LogP contribution is -2.52. The zero-order chi connectivity index (χ0) is 52.7. The third-order valence-corrected chi connectivity index (χ3v) is 26.8. The van der Waals surface area contributed by atoms with Gasteiger partial charge in [-0.25, -0.2) is 0 Å². The lowest BCUT2D eigenvalue weighted by molar-refractivity contribution is -0.267. The molecular weight excluding hydrogens is 973 g/mol. The monoisotopic (exact) mass is 1080 g/mol. The highest BCUT2D eigenvalue weighted by atomic mass is 19.4. The highest BCUT2D eigenvalue weighted by molar-refractivity contribution is 5.09. The Morgan fingerprint density at radius 2 is 0.519 bits per heavy atom. The molecule has 77 heavy (non-hydrogen) atoms. The first-order valence-corrected chi connectivity index (χ1v) is 34.9. The van der Waals surface area contributed by atoms with E-state index in [1.54, 1.807) is 0 Å². The van der Waals surface area contributed by atoms with E-state index in [2.05, 4.69) is 14.7 Å². The number of hydrogen-bond donors (Lipinski definition) is 0. The Hall–Kier alpha value is -0.540. The Bertz CT molecular complexity index is 1660. The van der Waals surface area contributed by atoms with Crippen molar-refractivity contribution in [2.45, 2.75) is 356 Å². The SMILES string of the molecule is FC(F)(F)C1CCC(C2CCC(C3CCC(N4C5CCC(C6CCC(N(C7CCCCC7)C7CCCCC7)CC6)CC5C5CC(C6CCC(N(C7CCCCC7)C7CCCCC7)CC6)CCC54)CC3)CC2)CC1C(F)(F)F. The van der Waals surface area contributed by atoms with Gasteiger partial charge in [-0.3, -0.25) is 14.7 Å². The van der Waals surface area contributed by atoms with Crippen molar-refractivity contribution in [1.29, 1.82) is 0 Å². The highest BCUT2D eigenvalue weighted by Gasteiger charge is 2.59. The van der Waals surface area contributed by atoms with Crippen LogP contribution in [0.15, 0.2) is 0 Å². The molecule has 12 rings (SSSR count). The van der Waals surface area contributed by atoms with E-state index in [4.69, 9.17) is 0 Å². The molecule has 1 saturated heterocycles. The van der Waals surface area contributed by atoms with Crippen molar-refractivity contribution >= 4 is 0 Å². The summed E-state index contributed by atoms with van der Waals surface area (Å²) in [6.07, 6.45) is 49.2. The van der Waals surface area contributed by atoms with Gasteiger partial charge in [0.25, 0.3) is 0 Å². The minimum absolute atomic E-state index is 0.158. The molecule has 0 aromatic heterocycles. The predicted molar refractivity (Wildman–Crippen MR) is 301 cm³/mol. The number of fused-ring (bicyclic) bond motifs is 3. The molecule has 0 spiro atoms. The fourth-order valence-corrected chi connectivity index (χ4v) is 23.1. The Morgan fingerprint density at radius 1 is 0.247 bits per heavy atom. The van der Waals surface area contributed by atoms with Crippen molar-refractivity contribution in [2.75, 3.05) is 0 Å². The van der Waals surface area contributed by atoms with Gasteiger partial charge >= 0.3 is 12.4 Å². The second kappa shape index (κ2) is 25.4. The summed E-state index contributed by atoms with van der Waals surface area (Å²) in [6, 6.07) is 7.41. The molecule has 12 aliphatic rings. The first-order chi connectivity index (χ1) is 37.4. The number of nitrogens with zero attached hydrogens (tertiary/aromatic N) is 3. The number of likely N-dealkylation sites (tertiary alicyclic amines) is 1. The molecule has 3 nitrogen and oxygen atoms in total. The van der Waals surface area contributed by atoms with Crippen LogP contribution in [-0.2, 0) is 0 Å². The minimum Gasteiger partial charge on any atom is -0.294 e. The van der Waals surface area contributed by atoms with Crippen molar-refractivity contribution < 1.29 is 26.3 Å². The molecule has 1 aliphatic heterocycles. The van der Waals surface area contributed by atoms with Gasteiger partial charge < -0.3 is 0 Å². The van der Waals surface area contributed by atoms with Crippen LogP contribution < -0.4 is 0 Å². The van der Waals surface area contributed by atoms with Gasteiger partial charge in [0.05, 0.1) is 11.8 Å². The van der Waals surface area contributed by atoms with Gasteiger partial charge in [0.15, 0.2) is 0 Å². The summed E-state index contributed by atoms with van der Waals surface area (Å²) in [7, 11) is 0. The fourth-order valence-electron chi connectivity index (χ4n) is 23.1. The molecule has 11 aliphatic carbocycles. The zero-order valence-electron chi connectivity index (χ0n) is 48.6. The van der Waals surface area contributed by atoms with Crippen LogP contribution in [-0.4, -0.2) is 81.4 Å². The molecular formula is C68H111F6N3. The zero-order valence-corrected chi connectivity index (χ0v) is 48.6. The van der Waals surface area contributed by atoms with Crippen LogP contribution in [0.1, 0.15) is 289 Å². The maximum atomic E-state index is 14.0. The van der Waals surface area contributed by atoms with Crippen molar-refractivity contribution in [3.05, 3.63) is 0 Å². The topological polar surface area (TPSA) is 9.72 Å². The van der Waals surface area contributed by atoms with Gasteiger partial charge in [0, 0.05) is 54.4 Å². The van der Waals surface area contributed by atoms with Crippen LogP contribution >= 0.6 is 0 Å². The minimum atomic E-state index is -4.78. The molecule has 12 fully saturated rings. The summed E-state index contributed by atoms with van der Waals surface area (Å²) < 4.78 is 83.4. The smallest absolute Gasteiger partial charge is 0.294 e. The van der Waals surface area contributed by atoms with Crippen LogP contribution in [0.5, 0.6) is 0 Å². The lowest BCUT2D eigenvalue weighted by Gasteiger charge is -2.50. The Morgan fingerprint density at radius 3 is 0.870 bits per heavy atom. The summed E-state index contributed by atoms with van der Waals surface area (Å²) >= 11 is 0. The standard InChI is InChI=1S/C68H111F6N3/c69-67(70,71)63-40-31-53(45-64(63)68(72,73)74)48-23-21-46(22-24-48)47-25-38-60(39-26-47)77-65-41-32-51(49-27-34-58(35-28-49)75(54-13-5-1-6-14-54)55-15-7-2-8-16-55)43-61(65)62-44-52(33-42-66(62)77)50-29-36-59(37-30-50)76(56-17-9-3-10-18-56)57-19-11-4-12-20-57/h46-66H,1-45H2. The van der Waals surface area contributed by atoms with Crippen LogP contribution in [0.25, 0.3) is 0 Å². The maximum absolute atomic E-state index is 14.0. The molecule has 9 atom stereocenters. The Balaban J connectivity index is 0.693. The van der Waals surface area contributed by atoms with Gasteiger partial charge in [-0.1, -0.05) is 77.0 Å². The Labute approximate surface area is 465 Å². The van der Waals surface area contributed by atoms with Crippen LogP contribution in [0.3, 0.4) is 0 Å². The summed E-state index contributed by atoms with van der Waals surface area (Å²) in [5, 5.41) is 0. The number of alkyl halides is 6. The number of halogens is 6. The molecule has 0 bridgehead atoms. The number of hydrogen-bond acceptors (Lipinski definition) is 3. The van der Waals surface area contributed by atoms with E-state index in [1.165, 1.54) is 244 Å². The van der Waals surface area contributed by atoms with Crippen LogP contribution in [0.4, 0.5) is 26.3 Å². The summed E-state index contributed by atoms with van der Waals surface area (Å²) in [4.78, 5) is 9.68. The highest BCUT2D eigenvalue weighted by Crippen LogP contribution is 2.59. The van der Waals surface area contributed by atoms with Crippen molar-refractivity contribution in [3.63, 3.8) is 0 Å². The fraction of sp³-hybridized carbons (Fsp3) is 1.00. The normalized spacial score (nSPS) is 43.6. The second-order valence-electron chi connectivity index (χ2n) is 30.4. The van der Waals surface area contributed by atoms with E-state index >= 15 is 0 Å². The quantitative estimate of drug-likeness (QED) is 0.191.